The van der Waals surface area contributed by atoms with E-state index in [-0.39, 0.29) is 0 Å². The molecule has 0 aromatic heterocycles. The van der Waals surface area contributed by atoms with Gasteiger partial charge in [-0.25, -0.2) is 0 Å². The van der Waals surface area contributed by atoms with Gasteiger partial charge in [-0.3, -0.25) is 0 Å². The molecule has 49 heavy (non-hydrogen) atoms. The molecule has 3 heteroatoms. The first-order valence-electron chi connectivity index (χ1n) is 18.7. The van der Waals surface area contributed by atoms with Gasteiger partial charge in [0.15, 0.2) is 0 Å². The van der Waals surface area contributed by atoms with E-state index in [1.54, 1.807) is 25.5 Å². The van der Waals surface area contributed by atoms with Crippen LogP contribution in [0.3, 0.4) is 0 Å². The van der Waals surface area contributed by atoms with E-state index in [2.05, 4.69) is 158 Å². The smallest absolute Gasteiger partial charge is 0.0184 e. The van der Waals surface area contributed by atoms with Crippen molar-refractivity contribution in [1.82, 2.24) is 3.80 Å². The Labute approximate surface area is 305 Å². The normalized spacial score (nSPS) is 30.1. The van der Waals surface area contributed by atoms with Crippen LogP contribution in [0.15, 0.2) is 142 Å². The van der Waals surface area contributed by atoms with Crippen molar-refractivity contribution < 1.29 is 15.9 Å². The molecule has 4 aromatic rings. The van der Waals surface area contributed by atoms with Crippen molar-refractivity contribution in [3.8, 4) is 11.1 Å². The standard InChI is InChI=1S/C13H22N.C12H11Ge.C12H10.C9H13.Ti/c1-10-4-11(2)6-12(3,5-10)9-13(14,7-10)8-11;1-3-7-11(8-4-1)13-12-9-5-2-6-10-12;1-3-7-11(8-4-1)12-9-5-2-6-10-12;1-6-5-7(2)9(4)8(6)3;/h14H,4-9H2,1-3H3;1-10,13H;1-10H;6H,1-4H3;/q-1;;;;+1. The first-order chi connectivity index (χ1) is 23.4. The Morgan fingerprint density at radius 1 is 0.531 bits per heavy atom. The van der Waals surface area contributed by atoms with Crippen molar-refractivity contribution >= 4 is 20.3 Å². The fourth-order valence-corrected chi connectivity index (χ4v) is 40.0. The summed E-state index contributed by atoms with van der Waals surface area (Å²) in [5.74, 6) is 0.596. The Morgan fingerprint density at radius 3 is 1.24 bits per heavy atom. The summed E-state index contributed by atoms with van der Waals surface area (Å²) >= 11 is -4.07. The summed E-state index contributed by atoms with van der Waals surface area (Å²) in [5.41, 5.74) is 9.24. The molecule has 1 nitrogen and oxygen atoms in total. The second kappa shape index (κ2) is 13.6. The first kappa shape index (κ1) is 35.0. The van der Waals surface area contributed by atoms with E-state index in [9.17, 15) is 0 Å². The van der Waals surface area contributed by atoms with Crippen molar-refractivity contribution in [2.24, 2.45) is 22.2 Å². The molecule has 0 amide bonds. The van der Waals surface area contributed by atoms with Crippen LogP contribution in [-0.2, 0) is 15.9 Å². The molecular weight excluding hydrogens is 687 g/mol. The molecule has 0 spiro atoms. The Hall–Kier alpha value is -2.42. The fourth-order valence-electron chi connectivity index (χ4n) is 11.9. The van der Waals surface area contributed by atoms with Gasteiger partial charge in [-0.15, -0.1) is 0 Å². The summed E-state index contributed by atoms with van der Waals surface area (Å²) in [4.78, 5) is 0. The molecule has 4 aromatic carbocycles. The Morgan fingerprint density at radius 2 is 0.898 bits per heavy atom. The Balaban J connectivity index is 0.000000265. The van der Waals surface area contributed by atoms with Gasteiger partial charge in [-0.05, 0) is 11.1 Å². The van der Waals surface area contributed by atoms with Gasteiger partial charge in [-0.2, -0.15) is 0 Å². The molecule has 0 heterocycles. The van der Waals surface area contributed by atoms with Crippen molar-refractivity contribution in [1.29, 1.82) is 0 Å². The van der Waals surface area contributed by atoms with E-state index in [0.29, 0.717) is 27.7 Å². The number of allylic oxidation sites excluding steroid dienone is 4. The van der Waals surface area contributed by atoms with Crippen LogP contribution in [0.1, 0.15) is 87.0 Å². The van der Waals surface area contributed by atoms with Gasteiger partial charge in [0.25, 0.3) is 0 Å². The molecule has 1 N–H and O–H groups in total. The van der Waals surface area contributed by atoms with Gasteiger partial charge < -0.3 is 0 Å². The van der Waals surface area contributed by atoms with Crippen molar-refractivity contribution in [2.45, 2.75) is 92.5 Å². The Kier molecular flexibility index (Phi) is 9.72. The van der Waals surface area contributed by atoms with E-state index in [4.69, 9.17) is 3.80 Å². The summed E-state index contributed by atoms with van der Waals surface area (Å²) in [7, 11) is 0. The van der Waals surface area contributed by atoms with E-state index in [1.807, 2.05) is 16.0 Å². The second-order valence-electron chi connectivity index (χ2n) is 17.4. The summed E-state index contributed by atoms with van der Waals surface area (Å²) in [6.45, 7) is 17.7. The average Bonchev–Trinajstić information content (AvgIpc) is 3.26. The predicted octanol–water partition coefficient (Wildman–Crippen LogP) is 10.4. The quantitative estimate of drug-likeness (QED) is 0.186. The average molecular weight is 743 g/mol. The number of nitrogens with one attached hydrogen (secondary N) is 1. The van der Waals surface area contributed by atoms with Crippen LogP contribution < -0.4 is 12.6 Å². The van der Waals surface area contributed by atoms with Crippen LogP contribution in [0.5, 0.6) is 0 Å². The molecule has 5 aliphatic carbocycles. The van der Waals surface area contributed by atoms with Crippen LogP contribution in [-0.4, -0.2) is 17.1 Å². The zero-order valence-electron chi connectivity index (χ0n) is 30.9. The van der Waals surface area contributed by atoms with Gasteiger partial charge in [0.1, 0.15) is 0 Å². The van der Waals surface area contributed by atoms with Crippen molar-refractivity contribution in [3.05, 3.63) is 142 Å². The number of hydrogen-bond donors (Lipinski definition) is 1. The van der Waals surface area contributed by atoms with Crippen LogP contribution in [0.2, 0.25) is 0 Å². The van der Waals surface area contributed by atoms with E-state index in [1.165, 1.54) is 49.7 Å². The van der Waals surface area contributed by atoms with Gasteiger partial charge in [-0.1, -0.05) is 60.7 Å². The van der Waals surface area contributed by atoms with Crippen LogP contribution in [0.4, 0.5) is 0 Å². The maximum atomic E-state index is 4.84. The molecule has 4 bridgehead atoms. The largest absolute Gasteiger partial charge is 0.0622 e. The molecule has 1 unspecified atom stereocenters. The Bertz CT molecular complexity index is 1700. The van der Waals surface area contributed by atoms with Gasteiger partial charge >= 0.3 is 236 Å². The molecule has 1 atom stereocenters. The molecule has 0 radical (unpaired) electrons. The third-order valence-corrected chi connectivity index (χ3v) is 35.7. The van der Waals surface area contributed by atoms with Crippen LogP contribution in [0, 0.1) is 22.2 Å². The SMILES string of the molecule is CC1=C(C)C(C)[C]([Ti]([NH]C23CC4(C)CC(C)(CC(C)(C4)C2)C3)[GeH]([c]2ccccc2)[c]2ccccc2)=C1C.c1ccc(-c2ccccc2)cc1. The zero-order chi connectivity index (χ0) is 34.4. The number of hydrogen-bond acceptors (Lipinski definition) is 1. The van der Waals surface area contributed by atoms with E-state index >= 15 is 0 Å². The van der Waals surface area contributed by atoms with E-state index < -0.39 is 27.4 Å². The molecule has 5 aliphatic rings. The van der Waals surface area contributed by atoms with Crippen molar-refractivity contribution in [2.75, 3.05) is 0 Å². The molecule has 4 saturated carbocycles. The monoisotopic (exact) mass is 744 g/mol. The molecular formula is C46H56GeNTi. The summed E-state index contributed by atoms with van der Waals surface area (Å²) < 4.78 is 10.1. The zero-order valence-corrected chi connectivity index (χ0v) is 34.9. The van der Waals surface area contributed by atoms with Crippen molar-refractivity contribution in [3.63, 3.8) is 0 Å². The second-order valence-corrected chi connectivity index (χ2v) is 34.2. The third kappa shape index (κ3) is 7.08. The topological polar surface area (TPSA) is 12.0 Å². The minimum Gasteiger partial charge on any atom is -0.0622 e. The summed E-state index contributed by atoms with van der Waals surface area (Å²) in [6.07, 6.45) is 8.50. The molecule has 0 aliphatic heterocycles. The maximum absolute atomic E-state index is 4.84. The van der Waals surface area contributed by atoms with Crippen LogP contribution >= 0.6 is 0 Å². The van der Waals surface area contributed by atoms with Crippen LogP contribution in [0.25, 0.3) is 11.1 Å². The predicted molar refractivity (Wildman–Crippen MR) is 209 cm³/mol. The third-order valence-electron chi connectivity index (χ3n) is 12.6. The first-order valence-corrected chi connectivity index (χ1v) is 28.5. The molecule has 0 saturated heterocycles. The molecule has 253 valence electrons. The molecule has 4 fully saturated rings. The summed E-state index contributed by atoms with van der Waals surface area (Å²) in [6, 6.07) is 44.3. The van der Waals surface area contributed by atoms with Gasteiger partial charge in [0.05, 0.1) is 0 Å². The maximum Gasteiger partial charge on any atom is -0.0184 e. The van der Waals surface area contributed by atoms with Gasteiger partial charge in [0.2, 0.25) is 0 Å². The number of rotatable bonds is 7. The minimum atomic E-state index is -2.15. The molecule has 9 rings (SSSR count). The minimum absolute atomic E-state index is 0.326. The van der Waals surface area contributed by atoms with Gasteiger partial charge in [0, 0.05) is 0 Å². The summed E-state index contributed by atoms with van der Waals surface area (Å²) in [5, 5.41) is 0. The fraction of sp³-hybridized carbons (Fsp3) is 0.391. The number of benzene rings is 4. The van der Waals surface area contributed by atoms with E-state index in [0.717, 1.165) is 0 Å².